The van der Waals surface area contributed by atoms with E-state index in [1.807, 2.05) is 16.8 Å². The van der Waals surface area contributed by atoms with E-state index in [2.05, 4.69) is 4.98 Å². The molecule has 1 aliphatic heterocycles. The van der Waals surface area contributed by atoms with E-state index in [1.165, 1.54) is 28.7 Å². The Kier molecular flexibility index (Phi) is 6.71. The van der Waals surface area contributed by atoms with Crippen LogP contribution in [0.4, 0.5) is 18.9 Å². The van der Waals surface area contributed by atoms with Gasteiger partial charge in [-0.3, -0.25) is 4.79 Å². The number of esters is 1. The van der Waals surface area contributed by atoms with Gasteiger partial charge in [0, 0.05) is 42.8 Å². The molecule has 0 atom stereocenters. The molecule has 1 saturated heterocycles. The van der Waals surface area contributed by atoms with Crippen LogP contribution in [-0.4, -0.2) is 54.5 Å². The molecule has 33 heavy (non-hydrogen) atoms. The van der Waals surface area contributed by atoms with Crippen molar-refractivity contribution in [2.75, 3.05) is 37.7 Å². The number of nitrogens with zero attached hydrogens (tertiary/aromatic N) is 3. The minimum atomic E-state index is -4.40. The molecule has 0 aliphatic carbocycles. The van der Waals surface area contributed by atoms with Crippen molar-refractivity contribution in [3.8, 4) is 10.6 Å². The zero-order chi connectivity index (χ0) is 23.6. The number of hydrogen-bond acceptors (Lipinski definition) is 7. The van der Waals surface area contributed by atoms with Crippen LogP contribution in [0.2, 0.25) is 0 Å². The first-order valence-corrected chi connectivity index (χ1v) is 11.9. The van der Waals surface area contributed by atoms with Crippen molar-refractivity contribution in [3.05, 3.63) is 57.2 Å². The van der Waals surface area contributed by atoms with Crippen LogP contribution >= 0.6 is 22.7 Å². The number of aromatic nitrogens is 1. The molecule has 174 valence electrons. The normalized spacial score (nSPS) is 14.4. The van der Waals surface area contributed by atoms with Gasteiger partial charge in [0.2, 0.25) is 0 Å². The number of piperazine rings is 1. The van der Waals surface area contributed by atoms with E-state index in [9.17, 15) is 22.8 Å². The highest BCUT2D eigenvalue weighted by molar-refractivity contribution is 7.17. The highest BCUT2D eigenvalue weighted by Gasteiger charge is 2.31. The number of benzene rings is 1. The molecule has 1 aromatic carbocycles. The third kappa shape index (κ3) is 5.36. The van der Waals surface area contributed by atoms with Crippen LogP contribution in [0, 0.1) is 6.92 Å². The number of ether oxygens (including phenoxy) is 1. The van der Waals surface area contributed by atoms with E-state index in [0.717, 1.165) is 22.7 Å². The van der Waals surface area contributed by atoms with Crippen molar-refractivity contribution in [1.82, 2.24) is 9.88 Å². The van der Waals surface area contributed by atoms with Crippen LogP contribution in [0.1, 0.15) is 20.9 Å². The van der Waals surface area contributed by atoms with Gasteiger partial charge in [0.25, 0.3) is 5.91 Å². The molecule has 3 heterocycles. The van der Waals surface area contributed by atoms with Crippen LogP contribution < -0.4 is 4.90 Å². The number of carbonyl (C=O) groups is 2. The van der Waals surface area contributed by atoms with Gasteiger partial charge in [0.1, 0.15) is 9.88 Å². The third-order valence-electron chi connectivity index (χ3n) is 5.25. The Morgan fingerprint density at radius 3 is 2.58 bits per heavy atom. The maximum absolute atomic E-state index is 13.0. The van der Waals surface area contributed by atoms with Gasteiger partial charge in [-0.25, -0.2) is 9.78 Å². The molecule has 0 spiro atoms. The Morgan fingerprint density at radius 1 is 1.15 bits per heavy atom. The van der Waals surface area contributed by atoms with Crippen LogP contribution in [0.25, 0.3) is 10.6 Å². The molecule has 1 amide bonds. The molecule has 4 rings (SSSR count). The van der Waals surface area contributed by atoms with Gasteiger partial charge >= 0.3 is 12.1 Å². The number of alkyl halides is 3. The molecule has 6 nitrogen and oxygen atoms in total. The summed E-state index contributed by atoms with van der Waals surface area (Å²) < 4.78 is 44.1. The smallest absolute Gasteiger partial charge is 0.416 e. The Labute approximate surface area is 196 Å². The molecule has 0 bridgehead atoms. The highest BCUT2D eigenvalue weighted by atomic mass is 32.1. The number of thiophene rings is 1. The topological polar surface area (TPSA) is 62.7 Å². The predicted molar refractivity (Wildman–Crippen MR) is 121 cm³/mol. The quantitative estimate of drug-likeness (QED) is 0.480. The molecule has 0 saturated carbocycles. The van der Waals surface area contributed by atoms with Crippen molar-refractivity contribution >= 4 is 40.2 Å². The van der Waals surface area contributed by atoms with E-state index < -0.39 is 24.3 Å². The van der Waals surface area contributed by atoms with Crippen molar-refractivity contribution in [3.63, 3.8) is 0 Å². The number of thiazole rings is 1. The third-order valence-corrected chi connectivity index (χ3v) is 7.12. The average molecular weight is 496 g/mol. The second-order valence-electron chi connectivity index (χ2n) is 7.44. The Morgan fingerprint density at radius 2 is 1.91 bits per heavy atom. The van der Waals surface area contributed by atoms with E-state index in [-0.39, 0.29) is 5.91 Å². The summed E-state index contributed by atoms with van der Waals surface area (Å²) in [4.78, 5) is 33.1. The maximum atomic E-state index is 13.0. The summed E-state index contributed by atoms with van der Waals surface area (Å²) in [7, 11) is 0. The minimum Gasteiger partial charge on any atom is -0.451 e. The van der Waals surface area contributed by atoms with Gasteiger partial charge in [-0.1, -0.05) is 6.07 Å². The number of carbonyl (C=O) groups excluding carboxylic acids is 2. The largest absolute Gasteiger partial charge is 0.451 e. The molecule has 1 fully saturated rings. The predicted octanol–water partition coefficient (Wildman–Crippen LogP) is 4.70. The van der Waals surface area contributed by atoms with Crippen LogP contribution in [-0.2, 0) is 15.7 Å². The molecule has 1 aliphatic rings. The first-order chi connectivity index (χ1) is 15.7. The summed E-state index contributed by atoms with van der Waals surface area (Å²) in [6.45, 7) is 2.76. The number of rotatable bonds is 5. The lowest BCUT2D eigenvalue weighted by Gasteiger charge is -2.36. The molecule has 2 aromatic heterocycles. The summed E-state index contributed by atoms with van der Waals surface area (Å²) in [6.07, 6.45) is -4.40. The lowest BCUT2D eigenvalue weighted by molar-refractivity contribution is -0.137. The summed E-state index contributed by atoms with van der Waals surface area (Å²) >= 11 is 2.76. The van der Waals surface area contributed by atoms with Gasteiger partial charge < -0.3 is 14.5 Å². The van der Waals surface area contributed by atoms with E-state index in [1.54, 1.807) is 22.8 Å². The minimum absolute atomic E-state index is 0.328. The van der Waals surface area contributed by atoms with Gasteiger partial charge in [0.05, 0.1) is 11.3 Å². The molecule has 0 N–H and O–H groups in total. The first-order valence-electron chi connectivity index (χ1n) is 10.1. The molecular formula is C22H20F3N3O3S2. The maximum Gasteiger partial charge on any atom is 0.416 e. The summed E-state index contributed by atoms with van der Waals surface area (Å²) in [5, 5.41) is 4.59. The SMILES string of the molecule is Cc1nc(-c2ccsc2)sc1C(=O)OCC(=O)N1CCN(c2cccc(C(F)(F)F)c2)CC1. The van der Waals surface area contributed by atoms with E-state index >= 15 is 0 Å². The first kappa shape index (κ1) is 23.2. The zero-order valence-corrected chi connectivity index (χ0v) is 19.2. The number of hydrogen-bond donors (Lipinski definition) is 0. The van der Waals surface area contributed by atoms with Gasteiger partial charge in [-0.05, 0) is 36.6 Å². The summed E-state index contributed by atoms with van der Waals surface area (Å²) in [5.41, 5.74) is 1.24. The summed E-state index contributed by atoms with van der Waals surface area (Å²) in [5.74, 6) is -0.935. The standard InChI is InChI=1S/C22H20F3N3O3S2/c1-14-19(33-20(26-14)15-5-10-32-13-15)21(30)31-12-18(29)28-8-6-27(7-9-28)17-4-2-3-16(11-17)22(23,24)25/h2-5,10-11,13H,6-9,12H2,1H3. The zero-order valence-electron chi connectivity index (χ0n) is 17.6. The average Bonchev–Trinajstić information content (AvgIpc) is 3.47. The second kappa shape index (κ2) is 9.52. The fourth-order valence-electron chi connectivity index (χ4n) is 3.47. The van der Waals surface area contributed by atoms with E-state index in [0.29, 0.717) is 42.4 Å². The van der Waals surface area contributed by atoms with Gasteiger partial charge in [0.15, 0.2) is 6.61 Å². The summed E-state index contributed by atoms with van der Waals surface area (Å²) in [6, 6.07) is 7.06. The highest BCUT2D eigenvalue weighted by Crippen LogP contribution is 2.32. The lowest BCUT2D eigenvalue weighted by Crippen LogP contribution is -2.50. The van der Waals surface area contributed by atoms with Crippen molar-refractivity contribution in [2.24, 2.45) is 0 Å². The number of amides is 1. The van der Waals surface area contributed by atoms with Crippen LogP contribution in [0.3, 0.4) is 0 Å². The molecule has 0 radical (unpaired) electrons. The van der Waals surface area contributed by atoms with Crippen molar-refractivity contribution in [2.45, 2.75) is 13.1 Å². The van der Waals surface area contributed by atoms with Crippen LogP contribution in [0.15, 0.2) is 41.1 Å². The molecule has 3 aromatic rings. The van der Waals surface area contributed by atoms with Gasteiger partial charge in [-0.15, -0.1) is 11.3 Å². The van der Waals surface area contributed by atoms with Crippen molar-refractivity contribution < 1.29 is 27.5 Å². The Hall–Kier alpha value is -2.92. The number of halogens is 3. The van der Waals surface area contributed by atoms with Gasteiger partial charge in [-0.2, -0.15) is 24.5 Å². The van der Waals surface area contributed by atoms with E-state index in [4.69, 9.17) is 4.74 Å². The fourth-order valence-corrected chi connectivity index (χ4v) is 5.14. The van der Waals surface area contributed by atoms with Crippen molar-refractivity contribution in [1.29, 1.82) is 0 Å². The Bertz CT molecular complexity index is 1140. The Balaban J connectivity index is 1.30. The molecular weight excluding hydrogens is 475 g/mol. The lowest BCUT2D eigenvalue weighted by atomic mass is 10.1. The number of anilines is 1. The van der Waals surface area contributed by atoms with Crippen LogP contribution in [0.5, 0.6) is 0 Å². The number of aryl methyl sites for hydroxylation is 1. The molecule has 11 heteroatoms. The second-order valence-corrected chi connectivity index (χ2v) is 9.22. The molecule has 0 unspecified atom stereocenters. The monoisotopic (exact) mass is 495 g/mol. The fraction of sp³-hybridized carbons (Fsp3) is 0.318.